The molecule has 0 spiro atoms. The third kappa shape index (κ3) is 2.41. The van der Waals surface area contributed by atoms with Gasteiger partial charge >= 0.3 is 6.18 Å². The van der Waals surface area contributed by atoms with Gasteiger partial charge in [0.1, 0.15) is 5.75 Å². The number of carbonyl (C=O) groups is 1. The number of halogens is 5. The Hall–Kier alpha value is -0.940. The summed E-state index contributed by atoms with van der Waals surface area (Å²) in [5.41, 5.74) is -2.14. The highest BCUT2D eigenvalue weighted by molar-refractivity contribution is 6.34. The molecule has 1 aromatic rings. The van der Waals surface area contributed by atoms with E-state index in [1.165, 1.54) is 0 Å². The minimum absolute atomic E-state index is 0.332. The highest BCUT2D eigenvalue weighted by Crippen LogP contribution is 2.39. The first-order valence-corrected chi connectivity index (χ1v) is 4.88. The zero-order valence-corrected chi connectivity index (χ0v) is 9.12. The predicted octanol–water partition coefficient (Wildman–Crippen LogP) is 3.49. The molecule has 0 aromatic heterocycles. The summed E-state index contributed by atoms with van der Waals surface area (Å²) in [5, 5.41) is 9.00. The SMILES string of the molecule is O=C(CCl)c1c(C(F)(F)F)ccc(Cl)c1O. The first-order chi connectivity index (χ1) is 7.29. The van der Waals surface area contributed by atoms with E-state index in [0.717, 1.165) is 6.07 Å². The predicted molar refractivity (Wildman–Crippen MR) is 53.2 cm³/mol. The van der Waals surface area contributed by atoms with Gasteiger partial charge in [0.25, 0.3) is 0 Å². The van der Waals surface area contributed by atoms with Gasteiger partial charge in [-0.05, 0) is 12.1 Å². The lowest BCUT2D eigenvalue weighted by Gasteiger charge is -2.13. The molecule has 2 nitrogen and oxygen atoms in total. The quantitative estimate of drug-likeness (QED) is 0.661. The second-order valence-electron chi connectivity index (χ2n) is 2.87. The van der Waals surface area contributed by atoms with Crippen molar-refractivity contribution in [1.29, 1.82) is 0 Å². The lowest BCUT2D eigenvalue weighted by atomic mass is 10.0. The summed E-state index contributed by atoms with van der Waals surface area (Å²) < 4.78 is 37.5. The van der Waals surface area contributed by atoms with Crippen LogP contribution < -0.4 is 0 Å². The van der Waals surface area contributed by atoms with Gasteiger partial charge in [-0.25, -0.2) is 0 Å². The van der Waals surface area contributed by atoms with E-state index in [1.807, 2.05) is 0 Å². The smallest absolute Gasteiger partial charge is 0.417 e. The van der Waals surface area contributed by atoms with E-state index in [4.69, 9.17) is 23.2 Å². The molecule has 0 heterocycles. The van der Waals surface area contributed by atoms with Gasteiger partial charge < -0.3 is 5.11 Å². The molecule has 16 heavy (non-hydrogen) atoms. The summed E-state index contributed by atoms with van der Waals surface area (Å²) in [6.45, 7) is 0. The molecule has 0 atom stereocenters. The fourth-order valence-corrected chi connectivity index (χ4v) is 1.44. The highest BCUT2D eigenvalue weighted by Gasteiger charge is 2.37. The van der Waals surface area contributed by atoms with Crippen molar-refractivity contribution in [3.05, 3.63) is 28.3 Å². The Bertz CT molecular complexity index is 429. The molecule has 0 saturated carbocycles. The van der Waals surface area contributed by atoms with Crippen LogP contribution in [-0.2, 0) is 6.18 Å². The summed E-state index contributed by atoms with van der Waals surface area (Å²) in [6.07, 6.45) is -4.75. The van der Waals surface area contributed by atoms with Crippen molar-refractivity contribution in [3.8, 4) is 5.75 Å². The number of ketones is 1. The van der Waals surface area contributed by atoms with Gasteiger partial charge in [-0.2, -0.15) is 13.2 Å². The Kier molecular flexibility index (Phi) is 3.70. The average molecular weight is 273 g/mol. The van der Waals surface area contributed by atoms with E-state index in [-0.39, 0.29) is 5.02 Å². The number of rotatable bonds is 2. The molecule has 0 radical (unpaired) electrons. The number of benzene rings is 1. The summed E-state index contributed by atoms with van der Waals surface area (Å²) in [7, 11) is 0. The highest BCUT2D eigenvalue weighted by atomic mass is 35.5. The van der Waals surface area contributed by atoms with Gasteiger partial charge in [0.15, 0.2) is 5.78 Å². The molecule has 0 saturated heterocycles. The number of hydrogen-bond acceptors (Lipinski definition) is 2. The maximum absolute atomic E-state index is 12.5. The Morgan fingerprint density at radius 2 is 1.94 bits per heavy atom. The lowest BCUT2D eigenvalue weighted by molar-refractivity contribution is -0.138. The lowest BCUT2D eigenvalue weighted by Crippen LogP contribution is -2.14. The molecule has 7 heteroatoms. The minimum Gasteiger partial charge on any atom is -0.506 e. The van der Waals surface area contributed by atoms with Crippen molar-refractivity contribution in [2.45, 2.75) is 6.18 Å². The van der Waals surface area contributed by atoms with E-state index in [9.17, 15) is 23.1 Å². The number of aromatic hydroxyl groups is 1. The summed E-state index contributed by atoms with van der Waals surface area (Å²) in [4.78, 5) is 11.2. The number of phenols is 1. The van der Waals surface area contributed by atoms with Crippen LogP contribution in [0.1, 0.15) is 15.9 Å². The van der Waals surface area contributed by atoms with Gasteiger partial charge in [0.05, 0.1) is 22.0 Å². The van der Waals surface area contributed by atoms with Gasteiger partial charge in [0, 0.05) is 0 Å². The molecule has 1 aromatic carbocycles. The Morgan fingerprint density at radius 3 is 2.38 bits per heavy atom. The molecule has 0 fully saturated rings. The van der Waals surface area contributed by atoms with Crippen LogP contribution in [0.3, 0.4) is 0 Å². The van der Waals surface area contributed by atoms with Crippen molar-refractivity contribution in [1.82, 2.24) is 0 Å². The van der Waals surface area contributed by atoms with Gasteiger partial charge in [-0.15, -0.1) is 11.6 Å². The van der Waals surface area contributed by atoms with Crippen molar-refractivity contribution >= 4 is 29.0 Å². The van der Waals surface area contributed by atoms with Gasteiger partial charge in [0.2, 0.25) is 0 Å². The first-order valence-electron chi connectivity index (χ1n) is 3.97. The van der Waals surface area contributed by atoms with Gasteiger partial charge in [-0.3, -0.25) is 4.79 Å². The van der Waals surface area contributed by atoms with Crippen LogP contribution in [0.4, 0.5) is 13.2 Å². The topological polar surface area (TPSA) is 37.3 Å². The third-order valence-corrected chi connectivity index (χ3v) is 2.38. The van der Waals surface area contributed by atoms with E-state index >= 15 is 0 Å². The van der Waals surface area contributed by atoms with Gasteiger partial charge in [-0.1, -0.05) is 11.6 Å². The summed E-state index contributed by atoms with van der Waals surface area (Å²) in [6, 6.07) is 1.49. The Labute approximate surface area is 98.6 Å². The van der Waals surface area contributed by atoms with Crippen LogP contribution in [-0.4, -0.2) is 16.8 Å². The monoisotopic (exact) mass is 272 g/mol. The van der Waals surface area contributed by atoms with Crippen molar-refractivity contribution < 1.29 is 23.1 Å². The molecule has 0 unspecified atom stereocenters. The van der Waals surface area contributed by atoms with E-state index < -0.39 is 34.7 Å². The molecule has 1 rings (SSSR count). The molecule has 1 N–H and O–H groups in total. The number of hydrogen-bond donors (Lipinski definition) is 1. The molecule has 0 aliphatic carbocycles. The second-order valence-corrected chi connectivity index (χ2v) is 3.55. The third-order valence-electron chi connectivity index (χ3n) is 1.83. The largest absolute Gasteiger partial charge is 0.506 e. The zero-order chi connectivity index (χ0) is 12.5. The molecular formula is C9H5Cl2F3O2. The molecular weight excluding hydrogens is 268 g/mol. The Balaban J connectivity index is 3.51. The Morgan fingerprint density at radius 1 is 1.38 bits per heavy atom. The van der Waals surface area contributed by atoms with Crippen LogP contribution in [0.2, 0.25) is 5.02 Å². The average Bonchev–Trinajstić information content (AvgIpc) is 2.19. The van der Waals surface area contributed by atoms with Crippen LogP contribution in [0.15, 0.2) is 12.1 Å². The van der Waals surface area contributed by atoms with E-state index in [1.54, 1.807) is 0 Å². The van der Waals surface area contributed by atoms with Crippen LogP contribution in [0.25, 0.3) is 0 Å². The number of Topliss-reactive ketones (excluding diaryl/α,β-unsaturated/α-hetero) is 1. The normalized spacial score (nSPS) is 11.6. The first kappa shape index (κ1) is 13.1. The molecule has 88 valence electrons. The maximum Gasteiger partial charge on any atom is 0.417 e. The second kappa shape index (κ2) is 4.51. The standard InChI is InChI=1S/C9H5Cl2F3O2/c10-3-6(15)7-4(9(12,13)14)1-2-5(11)8(7)16/h1-2,16H,3H2. The number of phenolic OH excluding ortho intramolecular Hbond substituents is 1. The zero-order valence-electron chi connectivity index (χ0n) is 7.61. The van der Waals surface area contributed by atoms with Crippen LogP contribution >= 0.6 is 23.2 Å². The molecule has 0 aliphatic rings. The van der Waals surface area contributed by atoms with Crippen LogP contribution in [0, 0.1) is 0 Å². The van der Waals surface area contributed by atoms with Crippen molar-refractivity contribution in [3.63, 3.8) is 0 Å². The molecule has 0 bridgehead atoms. The summed E-state index contributed by atoms with van der Waals surface area (Å²) in [5.74, 6) is -2.60. The van der Waals surface area contributed by atoms with Crippen LogP contribution in [0.5, 0.6) is 5.75 Å². The fraction of sp³-hybridized carbons (Fsp3) is 0.222. The van der Waals surface area contributed by atoms with E-state index in [2.05, 4.69) is 0 Å². The fourth-order valence-electron chi connectivity index (χ4n) is 1.15. The number of carbonyl (C=O) groups excluding carboxylic acids is 1. The maximum atomic E-state index is 12.5. The molecule has 0 aliphatic heterocycles. The number of alkyl halides is 4. The molecule has 0 amide bonds. The van der Waals surface area contributed by atoms with E-state index in [0.29, 0.717) is 6.07 Å². The minimum atomic E-state index is -4.75. The van der Waals surface area contributed by atoms with Crippen molar-refractivity contribution in [2.75, 3.05) is 5.88 Å². The van der Waals surface area contributed by atoms with Crippen molar-refractivity contribution in [2.24, 2.45) is 0 Å². The summed E-state index contributed by atoms with van der Waals surface area (Å²) >= 11 is 10.6.